The molecule has 1 amide bonds. The van der Waals surface area contributed by atoms with Gasteiger partial charge in [-0.25, -0.2) is 9.37 Å². The quantitative estimate of drug-likeness (QED) is 0.770. The second kappa shape index (κ2) is 7.14. The fourth-order valence-corrected chi connectivity index (χ4v) is 3.82. The van der Waals surface area contributed by atoms with Gasteiger partial charge in [-0.3, -0.25) is 4.79 Å². The molecule has 0 aliphatic carbocycles. The molecule has 1 unspecified atom stereocenters. The van der Waals surface area contributed by atoms with Crippen molar-refractivity contribution in [3.8, 4) is 0 Å². The molecular formula is C14H17BrFN3O2S. The Morgan fingerprint density at radius 2 is 2.18 bits per heavy atom. The summed E-state index contributed by atoms with van der Waals surface area (Å²) < 4.78 is 20.3. The summed E-state index contributed by atoms with van der Waals surface area (Å²) in [4.78, 5) is 20.3. The monoisotopic (exact) mass is 389 g/mol. The molecule has 0 bridgehead atoms. The summed E-state index contributed by atoms with van der Waals surface area (Å²) in [6.45, 7) is 2.79. The molecule has 2 aliphatic heterocycles. The fraction of sp³-hybridized carbons (Fsp3) is 0.571. The molecule has 1 aromatic heterocycles. The van der Waals surface area contributed by atoms with Gasteiger partial charge in [-0.2, -0.15) is 11.8 Å². The molecule has 3 heterocycles. The molecule has 2 aliphatic rings. The Labute approximate surface area is 141 Å². The number of thioether (sulfide) groups is 1. The number of amides is 1. The van der Waals surface area contributed by atoms with Gasteiger partial charge in [-0.15, -0.1) is 0 Å². The number of hydrogen-bond donors (Lipinski definition) is 0. The van der Waals surface area contributed by atoms with Gasteiger partial charge >= 0.3 is 0 Å². The Bertz CT molecular complexity index is 557. The highest BCUT2D eigenvalue weighted by molar-refractivity contribution is 9.10. The number of morpholine rings is 1. The lowest BCUT2D eigenvalue weighted by Gasteiger charge is -2.36. The van der Waals surface area contributed by atoms with Crippen molar-refractivity contribution in [3.05, 3.63) is 22.6 Å². The highest BCUT2D eigenvalue weighted by Crippen LogP contribution is 2.23. The molecule has 0 N–H and O–H groups in total. The van der Waals surface area contributed by atoms with Gasteiger partial charge in [0.1, 0.15) is 0 Å². The van der Waals surface area contributed by atoms with Crippen molar-refractivity contribution in [2.24, 2.45) is 0 Å². The van der Waals surface area contributed by atoms with E-state index in [1.54, 1.807) is 11.1 Å². The molecule has 5 nitrogen and oxygen atoms in total. The maximum Gasteiger partial charge on any atom is 0.253 e. The van der Waals surface area contributed by atoms with Gasteiger partial charge in [0, 0.05) is 41.8 Å². The summed E-state index contributed by atoms with van der Waals surface area (Å²) in [7, 11) is 0. The molecular weight excluding hydrogens is 373 g/mol. The number of hydrogen-bond acceptors (Lipinski definition) is 5. The molecule has 0 radical (unpaired) electrons. The van der Waals surface area contributed by atoms with Crippen LogP contribution in [0.4, 0.5) is 10.2 Å². The summed E-state index contributed by atoms with van der Waals surface area (Å²) in [6, 6.07) is 1.39. The zero-order valence-electron chi connectivity index (χ0n) is 12.0. The number of anilines is 1. The van der Waals surface area contributed by atoms with Crippen LogP contribution >= 0.6 is 27.7 Å². The predicted molar refractivity (Wildman–Crippen MR) is 87.8 cm³/mol. The minimum absolute atomic E-state index is 0.00233. The number of nitrogens with zero attached hydrogens (tertiary/aromatic N) is 3. The van der Waals surface area contributed by atoms with E-state index in [0.29, 0.717) is 24.2 Å². The van der Waals surface area contributed by atoms with Crippen molar-refractivity contribution in [2.45, 2.75) is 6.10 Å². The minimum atomic E-state index is -0.540. The number of ether oxygens (including phenoxy) is 1. The molecule has 120 valence electrons. The lowest BCUT2D eigenvalue weighted by Crippen LogP contribution is -2.53. The van der Waals surface area contributed by atoms with E-state index in [0.717, 1.165) is 24.6 Å². The van der Waals surface area contributed by atoms with Crippen molar-refractivity contribution in [1.29, 1.82) is 0 Å². The standard InChI is InChI=1S/C14H17BrFN3O2S/c15-10-7-11(16)13(17-8-10)19-1-4-21-12(9-19)14(20)18-2-5-22-6-3-18/h7-8,12H,1-6,9H2. The summed E-state index contributed by atoms with van der Waals surface area (Å²) in [5.74, 6) is 1.81. The van der Waals surface area contributed by atoms with E-state index in [1.165, 1.54) is 6.07 Å². The average molecular weight is 390 g/mol. The van der Waals surface area contributed by atoms with E-state index >= 15 is 0 Å². The Kier molecular flexibility index (Phi) is 5.20. The molecule has 2 fully saturated rings. The third-order valence-corrected chi connectivity index (χ3v) is 5.13. The molecule has 0 saturated carbocycles. The predicted octanol–water partition coefficient (Wildman–Crippen LogP) is 1.76. The molecule has 22 heavy (non-hydrogen) atoms. The minimum Gasteiger partial charge on any atom is -0.365 e. The van der Waals surface area contributed by atoms with Crippen LogP contribution in [-0.2, 0) is 9.53 Å². The number of carbonyl (C=O) groups excluding carboxylic acids is 1. The fourth-order valence-electron chi connectivity index (χ4n) is 2.62. The molecule has 1 aromatic rings. The molecule has 1 atom stereocenters. The van der Waals surface area contributed by atoms with E-state index in [-0.39, 0.29) is 11.7 Å². The third-order valence-electron chi connectivity index (χ3n) is 3.75. The maximum absolute atomic E-state index is 14.0. The molecule has 0 spiro atoms. The van der Waals surface area contributed by atoms with Crippen LogP contribution in [0, 0.1) is 5.82 Å². The van der Waals surface area contributed by atoms with Crippen LogP contribution in [0.15, 0.2) is 16.7 Å². The van der Waals surface area contributed by atoms with Gasteiger partial charge in [0.05, 0.1) is 13.2 Å². The summed E-state index contributed by atoms with van der Waals surface area (Å²) in [5.41, 5.74) is 0. The topological polar surface area (TPSA) is 45.7 Å². The van der Waals surface area contributed by atoms with Gasteiger partial charge < -0.3 is 14.5 Å². The Morgan fingerprint density at radius 1 is 1.41 bits per heavy atom. The largest absolute Gasteiger partial charge is 0.365 e. The number of aromatic nitrogens is 1. The summed E-state index contributed by atoms with van der Waals surface area (Å²) in [5, 5.41) is 0. The van der Waals surface area contributed by atoms with Crippen molar-refractivity contribution in [1.82, 2.24) is 9.88 Å². The first-order valence-corrected chi connectivity index (χ1v) is 9.14. The number of carbonyl (C=O) groups is 1. The SMILES string of the molecule is O=C(C1CN(c2ncc(Br)cc2F)CCO1)N1CCSCC1. The second-order valence-electron chi connectivity index (χ2n) is 5.20. The van der Waals surface area contributed by atoms with E-state index in [9.17, 15) is 9.18 Å². The highest BCUT2D eigenvalue weighted by Gasteiger charge is 2.32. The number of rotatable bonds is 2. The molecule has 3 rings (SSSR count). The van der Waals surface area contributed by atoms with Crippen LogP contribution in [-0.4, -0.2) is 66.2 Å². The highest BCUT2D eigenvalue weighted by atomic mass is 79.9. The normalized spacial score (nSPS) is 22.7. The smallest absolute Gasteiger partial charge is 0.253 e. The lowest BCUT2D eigenvalue weighted by atomic mass is 10.2. The van der Waals surface area contributed by atoms with Crippen LogP contribution in [0.2, 0.25) is 0 Å². The number of pyridine rings is 1. The van der Waals surface area contributed by atoms with Gasteiger partial charge in [-0.05, 0) is 22.0 Å². The van der Waals surface area contributed by atoms with E-state index in [1.807, 2.05) is 16.7 Å². The Balaban J connectivity index is 1.69. The zero-order chi connectivity index (χ0) is 15.5. The van der Waals surface area contributed by atoms with Crippen LogP contribution in [0.1, 0.15) is 0 Å². The van der Waals surface area contributed by atoms with Crippen LogP contribution < -0.4 is 4.90 Å². The van der Waals surface area contributed by atoms with Gasteiger partial charge in [0.2, 0.25) is 0 Å². The molecule has 0 aromatic carbocycles. The van der Waals surface area contributed by atoms with Crippen LogP contribution in [0.5, 0.6) is 0 Å². The third kappa shape index (κ3) is 3.55. The Morgan fingerprint density at radius 3 is 2.91 bits per heavy atom. The van der Waals surface area contributed by atoms with Crippen LogP contribution in [0.3, 0.4) is 0 Å². The lowest BCUT2D eigenvalue weighted by molar-refractivity contribution is -0.144. The van der Waals surface area contributed by atoms with Crippen molar-refractivity contribution >= 4 is 39.4 Å². The van der Waals surface area contributed by atoms with Crippen molar-refractivity contribution in [3.63, 3.8) is 0 Å². The van der Waals surface area contributed by atoms with Gasteiger partial charge in [0.15, 0.2) is 17.7 Å². The first kappa shape index (κ1) is 16.0. The Hall–Kier alpha value is -0.860. The average Bonchev–Trinajstić information content (AvgIpc) is 2.55. The maximum atomic E-state index is 14.0. The molecule has 2 saturated heterocycles. The first-order chi connectivity index (χ1) is 10.6. The summed E-state index contributed by atoms with van der Waals surface area (Å²) in [6.07, 6.45) is 1.02. The van der Waals surface area contributed by atoms with Gasteiger partial charge in [0.25, 0.3) is 5.91 Å². The van der Waals surface area contributed by atoms with Crippen molar-refractivity contribution < 1.29 is 13.9 Å². The zero-order valence-corrected chi connectivity index (χ0v) is 14.4. The van der Waals surface area contributed by atoms with E-state index < -0.39 is 11.9 Å². The second-order valence-corrected chi connectivity index (χ2v) is 7.34. The number of halogens is 2. The van der Waals surface area contributed by atoms with Crippen molar-refractivity contribution in [2.75, 3.05) is 49.2 Å². The van der Waals surface area contributed by atoms with E-state index in [2.05, 4.69) is 20.9 Å². The molecule has 8 heteroatoms. The van der Waals surface area contributed by atoms with Gasteiger partial charge in [-0.1, -0.05) is 0 Å². The first-order valence-electron chi connectivity index (χ1n) is 7.19. The summed E-state index contributed by atoms with van der Waals surface area (Å²) >= 11 is 5.05. The van der Waals surface area contributed by atoms with Crippen LogP contribution in [0.25, 0.3) is 0 Å². The van der Waals surface area contributed by atoms with E-state index in [4.69, 9.17) is 4.74 Å².